The van der Waals surface area contributed by atoms with E-state index in [1.807, 2.05) is 0 Å². The molecule has 0 saturated carbocycles. The van der Waals surface area contributed by atoms with Crippen molar-refractivity contribution in [3.05, 3.63) is 33.4 Å². The molecule has 0 unspecified atom stereocenters. The minimum absolute atomic E-state index is 0.0543. The molecule has 1 aromatic carbocycles. The molecule has 96 valence electrons. The van der Waals surface area contributed by atoms with Crippen LogP contribution in [0.1, 0.15) is 0 Å². The molecule has 3 nitrogen and oxygen atoms in total. The standard InChI is InChI=1S/C9H3Cl4NO2S2/c10-5-2-7(12)6(11)1-4(5)9-14-3-8(17-9)18(13,15)16/h1-3H. The van der Waals surface area contributed by atoms with Crippen molar-refractivity contribution in [1.29, 1.82) is 0 Å². The number of rotatable bonds is 2. The van der Waals surface area contributed by atoms with Gasteiger partial charge in [-0.25, -0.2) is 13.4 Å². The Hall–Kier alpha value is -0.0400. The van der Waals surface area contributed by atoms with Crippen LogP contribution in [0.4, 0.5) is 0 Å². The molecule has 0 spiro atoms. The minimum Gasteiger partial charge on any atom is -0.243 e. The van der Waals surface area contributed by atoms with E-state index >= 15 is 0 Å². The lowest BCUT2D eigenvalue weighted by Crippen LogP contribution is -1.83. The summed E-state index contributed by atoms with van der Waals surface area (Å²) in [5, 5.41) is 1.35. The zero-order valence-corrected chi connectivity index (χ0v) is 13.0. The molecule has 0 atom stereocenters. The van der Waals surface area contributed by atoms with Crippen molar-refractivity contribution < 1.29 is 8.42 Å². The first-order valence-corrected chi connectivity index (χ1v) is 8.60. The minimum atomic E-state index is -3.80. The Bertz CT molecular complexity index is 711. The van der Waals surface area contributed by atoms with Crippen LogP contribution >= 0.6 is 56.8 Å². The summed E-state index contributed by atoms with van der Waals surface area (Å²) in [6, 6.07) is 2.99. The van der Waals surface area contributed by atoms with E-state index in [1.54, 1.807) is 0 Å². The number of benzene rings is 1. The predicted octanol–water partition coefficient (Wildman–Crippen LogP) is 4.70. The van der Waals surface area contributed by atoms with Crippen molar-refractivity contribution in [1.82, 2.24) is 4.98 Å². The smallest absolute Gasteiger partial charge is 0.243 e. The van der Waals surface area contributed by atoms with Gasteiger partial charge in [0.1, 0.15) is 5.01 Å². The highest BCUT2D eigenvalue weighted by atomic mass is 35.7. The van der Waals surface area contributed by atoms with Crippen LogP contribution in [0.15, 0.2) is 22.5 Å². The zero-order chi connectivity index (χ0) is 13.5. The fourth-order valence-corrected chi connectivity index (χ4v) is 3.77. The quantitative estimate of drug-likeness (QED) is 0.574. The van der Waals surface area contributed by atoms with E-state index in [-0.39, 0.29) is 4.21 Å². The average molecular weight is 363 g/mol. The van der Waals surface area contributed by atoms with Crippen LogP contribution in [0, 0.1) is 0 Å². The van der Waals surface area contributed by atoms with Crippen LogP contribution in [-0.4, -0.2) is 13.4 Å². The maximum Gasteiger partial charge on any atom is 0.272 e. The van der Waals surface area contributed by atoms with Crippen molar-refractivity contribution in [2.75, 3.05) is 0 Å². The summed E-state index contributed by atoms with van der Waals surface area (Å²) in [7, 11) is 1.42. The maximum atomic E-state index is 11.1. The first-order valence-electron chi connectivity index (χ1n) is 4.34. The van der Waals surface area contributed by atoms with E-state index in [0.29, 0.717) is 25.6 Å². The molecule has 2 rings (SSSR count). The molecule has 2 aromatic rings. The molecule has 0 aliphatic carbocycles. The molecule has 9 heteroatoms. The van der Waals surface area contributed by atoms with Crippen LogP contribution in [0.2, 0.25) is 15.1 Å². The van der Waals surface area contributed by atoms with Gasteiger partial charge in [0.05, 0.1) is 21.3 Å². The topological polar surface area (TPSA) is 47.0 Å². The largest absolute Gasteiger partial charge is 0.272 e. The zero-order valence-electron chi connectivity index (χ0n) is 8.32. The summed E-state index contributed by atoms with van der Waals surface area (Å²) in [6.07, 6.45) is 1.17. The number of hydrogen-bond donors (Lipinski definition) is 0. The highest BCUT2D eigenvalue weighted by molar-refractivity contribution is 8.15. The van der Waals surface area contributed by atoms with Gasteiger partial charge < -0.3 is 0 Å². The summed E-state index contributed by atoms with van der Waals surface area (Å²) in [5.41, 5.74) is 0.502. The highest BCUT2D eigenvalue weighted by Gasteiger charge is 2.17. The number of halogens is 4. The lowest BCUT2D eigenvalue weighted by atomic mass is 10.2. The number of nitrogens with zero attached hydrogens (tertiary/aromatic N) is 1. The second-order valence-electron chi connectivity index (χ2n) is 3.17. The molecule has 1 heterocycles. The van der Waals surface area contributed by atoms with E-state index in [2.05, 4.69) is 4.98 Å². The van der Waals surface area contributed by atoms with Gasteiger partial charge in [0.2, 0.25) is 0 Å². The Morgan fingerprint density at radius 2 is 1.67 bits per heavy atom. The van der Waals surface area contributed by atoms with Gasteiger partial charge in [-0.3, -0.25) is 0 Å². The van der Waals surface area contributed by atoms with Crippen molar-refractivity contribution in [2.45, 2.75) is 4.21 Å². The van der Waals surface area contributed by atoms with E-state index < -0.39 is 9.05 Å². The molecule has 0 amide bonds. The van der Waals surface area contributed by atoms with Crippen molar-refractivity contribution in [2.24, 2.45) is 0 Å². The molecule has 0 aliphatic rings. The van der Waals surface area contributed by atoms with Crippen LogP contribution in [0.25, 0.3) is 10.6 Å². The van der Waals surface area contributed by atoms with E-state index in [0.717, 1.165) is 11.3 Å². The lowest BCUT2D eigenvalue weighted by molar-refractivity contribution is 0.611. The third-order valence-corrected chi connectivity index (χ3v) is 6.09. The van der Waals surface area contributed by atoms with Gasteiger partial charge in [0, 0.05) is 16.2 Å². The van der Waals surface area contributed by atoms with Gasteiger partial charge in [0.25, 0.3) is 9.05 Å². The first-order chi connectivity index (χ1) is 8.29. The highest BCUT2D eigenvalue weighted by Crippen LogP contribution is 2.38. The van der Waals surface area contributed by atoms with Crippen LogP contribution < -0.4 is 0 Å². The maximum absolute atomic E-state index is 11.1. The Labute approximate surface area is 127 Å². The van der Waals surface area contributed by atoms with E-state index in [1.165, 1.54) is 18.3 Å². The van der Waals surface area contributed by atoms with Gasteiger partial charge in [-0.2, -0.15) is 0 Å². The van der Waals surface area contributed by atoms with Gasteiger partial charge in [-0.1, -0.05) is 34.8 Å². The van der Waals surface area contributed by atoms with Crippen molar-refractivity contribution in [3.8, 4) is 10.6 Å². The Morgan fingerprint density at radius 3 is 2.22 bits per heavy atom. The SMILES string of the molecule is O=S(=O)(Cl)c1cnc(-c2cc(Cl)c(Cl)cc2Cl)s1. The second-order valence-corrected chi connectivity index (χ2v) is 8.21. The Morgan fingerprint density at radius 1 is 1.06 bits per heavy atom. The number of aromatic nitrogens is 1. The normalized spacial score (nSPS) is 11.8. The third-order valence-electron chi connectivity index (χ3n) is 1.97. The van der Waals surface area contributed by atoms with Crippen molar-refractivity contribution in [3.63, 3.8) is 0 Å². The van der Waals surface area contributed by atoms with Gasteiger partial charge in [0.15, 0.2) is 4.21 Å². The fourth-order valence-electron chi connectivity index (χ4n) is 1.18. The van der Waals surface area contributed by atoms with Crippen molar-refractivity contribution >= 4 is 65.9 Å². The molecule has 0 aliphatic heterocycles. The summed E-state index contributed by atoms with van der Waals surface area (Å²) in [5.74, 6) is 0. The molecule has 0 fully saturated rings. The van der Waals surface area contributed by atoms with Gasteiger partial charge >= 0.3 is 0 Å². The Balaban J connectivity index is 2.56. The number of hydrogen-bond acceptors (Lipinski definition) is 4. The molecular weight excluding hydrogens is 360 g/mol. The summed E-state index contributed by atoms with van der Waals surface area (Å²) >= 11 is 18.6. The van der Waals surface area contributed by atoms with Crippen LogP contribution in [0.3, 0.4) is 0 Å². The van der Waals surface area contributed by atoms with Gasteiger partial charge in [-0.15, -0.1) is 11.3 Å². The second kappa shape index (κ2) is 5.15. The first kappa shape index (κ1) is 14.4. The molecule has 0 saturated heterocycles. The Kier molecular flexibility index (Phi) is 4.11. The van der Waals surface area contributed by atoms with E-state index in [9.17, 15) is 8.42 Å². The number of thiazole rings is 1. The monoisotopic (exact) mass is 361 g/mol. The molecular formula is C9H3Cl4NO2S2. The lowest BCUT2D eigenvalue weighted by Gasteiger charge is -2.02. The van der Waals surface area contributed by atoms with Crippen LogP contribution in [0.5, 0.6) is 0 Å². The third kappa shape index (κ3) is 2.92. The van der Waals surface area contributed by atoms with Gasteiger partial charge in [-0.05, 0) is 12.1 Å². The summed E-state index contributed by atoms with van der Waals surface area (Å²) < 4.78 is 22.2. The molecule has 0 radical (unpaired) electrons. The molecule has 18 heavy (non-hydrogen) atoms. The molecule has 0 N–H and O–H groups in total. The molecule has 1 aromatic heterocycles. The summed E-state index contributed by atoms with van der Waals surface area (Å²) in [6.45, 7) is 0. The molecule has 0 bridgehead atoms. The van der Waals surface area contributed by atoms with E-state index in [4.69, 9.17) is 45.5 Å². The predicted molar refractivity (Wildman–Crippen MR) is 75.6 cm³/mol. The average Bonchev–Trinajstić information content (AvgIpc) is 2.72. The summed E-state index contributed by atoms with van der Waals surface area (Å²) in [4.78, 5) is 3.95. The van der Waals surface area contributed by atoms with Crippen LogP contribution in [-0.2, 0) is 9.05 Å². The fraction of sp³-hybridized carbons (Fsp3) is 0.